The van der Waals surface area contributed by atoms with Crippen LogP contribution in [0.15, 0.2) is 23.1 Å². The van der Waals surface area contributed by atoms with Gasteiger partial charge in [0, 0.05) is 11.1 Å². The second-order valence-corrected chi connectivity index (χ2v) is 6.64. The zero-order chi connectivity index (χ0) is 16.9. The van der Waals surface area contributed by atoms with Crippen molar-refractivity contribution in [2.24, 2.45) is 0 Å². The molecule has 0 heterocycles. The van der Waals surface area contributed by atoms with E-state index in [1.54, 1.807) is 0 Å². The van der Waals surface area contributed by atoms with Gasteiger partial charge in [-0.25, -0.2) is 8.42 Å². The lowest BCUT2D eigenvalue weighted by Crippen LogP contribution is -2.40. The van der Waals surface area contributed by atoms with Crippen LogP contribution >= 0.6 is 11.6 Å². The summed E-state index contributed by atoms with van der Waals surface area (Å²) in [6.07, 6.45) is 1.26. The summed E-state index contributed by atoms with van der Waals surface area (Å²) < 4.78 is 26.5. The van der Waals surface area contributed by atoms with Crippen LogP contribution in [0.3, 0.4) is 0 Å². The maximum Gasteiger partial charge on any atom is 0.321 e. The first-order chi connectivity index (χ1) is 10.2. The van der Waals surface area contributed by atoms with E-state index in [2.05, 4.69) is 0 Å². The van der Waals surface area contributed by atoms with Gasteiger partial charge in [0.1, 0.15) is 6.04 Å². The van der Waals surface area contributed by atoms with E-state index in [4.69, 9.17) is 16.7 Å². The molecule has 0 saturated heterocycles. The summed E-state index contributed by atoms with van der Waals surface area (Å²) in [6.45, 7) is 1.83. The van der Waals surface area contributed by atoms with Crippen LogP contribution in [0.1, 0.15) is 26.2 Å². The first kappa shape index (κ1) is 18.3. The molecule has 1 atom stereocenters. The number of sulfonamides is 1. The van der Waals surface area contributed by atoms with Crippen molar-refractivity contribution in [3.05, 3.63) is 33.3 Å². The largest absolute Gasteiger partial charge is 0.480 e. The fourth-order valence-electron chi connectivity index (χ4n) is 1.75. The Labute approximate surface area is 132 Å². The molecule has 0 amide bonds. The maximum absolute atomic E-state index is 12.3. The van der Waals surface area contributed by atoms with Crippen molar-refractivity contribution >= 4 is 33.3 Å². The Bertz CT molecular complexity index is 676. The van der Waals surface area contributed by atoms with E-state index in [1.807, 2.05) is 11.6 Å². The number of rotatable bonds is 8. The minimum absolute atomic E-state index is 0.00796. The van der Waals surface area contributed by atoms with Crippen LogP contribution in [0.4, 0.5) is 5.69 Å². The van der Waals surface area contributed by atoms with Crippen molar-refractivity contribution in [3.8, 4) is 0 Å². The molecule has 0 aliphatic carbocycles. The second-order valence-electron chi connectivity index (χ2n) is 4.52. The van der Waals surface area contributed by atoms with Gasteiger partial charge in [-0.05, 0) is 18.6 Å². The van der Waals surface area contributed by atoms with Gasteiger partial charge in [0.2, 0.25) is 10.0 Å². The monoisotopic (exact) mass is 350 g/mol. The van der Waals surface area contributed by atoms with Crippen molar-refractivity contribution in [1.82, 2.24) is 4.72 Å². The van der Waals surface area contributed by atoms with Crippen LogP contribution < -0.4 is 4.72 Å². The van der Waals surface area contributed by atoms with Crippen LogP contribution in [0.5, 0.6) is 0 Å². The summed E-state index contributed by atoms with van der Waals surface area (Å²) in [4.78, 5) is 20.5. The molecule has 1 aromatic carbocycles. The van der Waals surface area contributed by atoms with Gasteiger partial charge >= 0.3 is 5.97 Å². The molecule has 0 aliphatic heterocycles. The van der Waals surface area contributed by atoms with Gasteiger partial charge in [0.25, 0.3) is 5.69 Å². The van der Waals surface area contributed by atoms with Crippen LogP contribution in [0, 0.1) is 10.1 Å². The van der Waals surface area contributed by atoms with Gasteiger partial charge in [0.15, 0.2) is 4.90 Å². The molecule has 2 N–H and O–H groups in total. The number of hydrogen-bond donors (Lipinski definition) is 2. The molecule has 0 spiro atoms. The lowest BCUT2D eigenvalue weighted by Gasteiger charge is -2.14. The van der Waals surface area contributed by atoms with Gasteiger partial charge in [-0.3, -0.25) is 14.9 Å². The number of nitrogens with zero attached hydrogens (tertiary/aromatic N) is 1. The van der Waals surface area contributed by atoms with Gasteiger partial charge in [-0.1, -0.05) is 31.4 Å². The third-order valence-corrected chi connectivity index (χ3v) is 4.59. The van der Waals surface area contributed by atoms with Crippen LogP contribution in [0.2, 0.25) is 5.02 Å². The van der Waals surface area contributed by atoms with E-state index in [0.29, 0.717) is 12.8 Å². The molecular formula is C12H15ClN2O6S. The first-order valence-electron chi connectivity index (χ1n) is 6.38. The Kier molecular flexibility index (Phi) is 6.27. The highest BCUT2D eigenvalue weighted by atomic mass is 35.5. The Balaban J connectivity index is 3.20. The van der Waals surface area contributed by atoms with Gasteiger partial charge in [0.05, 0.1) is 4.92 Å². The Hall–Kier alpha value is -1.71. The highest BCUT2D eigenvalue weighted by Crippen LogP contribution is 2.27. The minimum atomic E-state index is -4.39. The normalized spacial score (nSPS) is 12.8. The molecule has 10 heteroatoms. The average Bonchev–Trinajstić information content (AvgIpc) is 2.42. The Morgan fingerprint density at radius 2 is 2.14 bits per heavy atom. The standard InChI is InChI=1S/C12H15ClN2O6S/c1-2-3-4-9(12(16)17)14-22(20,21)11-7-8(13)5-6-10(11)15(18)19/h5-7,9,14H,2-4H2,1H3,(H,16,17)/t9-/m0/s1. The number of hydrogen-bond acceptors (Lipinski definition) is 5. The molecule has 1 rings (SSSR count). The predicted octanol–water partition coefficient (Wildman–Crippen LogP) is 2.17. The number of unbranched alkanes of at least 4 members (excludes halogenated alkanes) is 1. The molecule has 0 aliphatic rings. The van der Waals surface area contributed by atoms with Crippen molar-refractivity contribution in [2.75, 3.05) is 0 Å². The van der Waals surface area contributed by atoms with Crippen LogP contribution in [-0.2, 0) is 14.8 Å². The Morgan fingerprint density at radius 3 is 2.64 bits per heavy atom. The van der Waals surface area contributed by atoms with Crippen LogP contribution in [-0.4, -0.2) is 30.5 Å². The molecular weight excluding hydrogens is 336 g/mol. The number of halogens is 1. The molecule has 0 fully saturated rings. The smallest absolute Gasteiger partial charge is 0.321 e. The number of nitro groups is 1. The summed E-state index contributed by atoms with van der Waals surface area (Å²) in [5, 5.41) is 20.0. The van der Waals surface area contributed by atoms with E-state index < -0.39 is 37.5 Å². The number of carbonyl (C=O) groups is 1. The molecule has 0 radical (unpaired) electrons. The number of carboxylic acids is 1. The van der Waals surface area contributed by atoms with Crippen molar-refractivity contribution in [2.45, 2.75) is 37.1 Å². The zero-order valence-corrected chi connectivity index (χ0v) is 13.2. The van der Waals surface area contributed by atoms with E-state index in [1.165, 1.54) is 6.07 Å². The maximum atomic E-state index is 12.3. The highest BCUT2D eigenvalue weighted by Gasteiger charge is 2.30. The Morgan fingerprint density at radius 1 is 1.50 bits per heavy atom. The van der Waals surface area contributed by atoms with Crippen LogP contribution in [0.25, 0.3) is 0 Å². The fraction of sp³-hybridized carbons (Fsp3) is 0.417. The second kappa shape index (κ2) is 7.52. The van der Waals surface area contributed by atoms with Crippen molar-refractivity contribution in [3.63, 3.8) is 0 Å². The summed E-state index contributed by atoms with van der Waals surface area (Å²) in [7, 11) is -4.39. The van der Waals surface area contributed by atoms with Gasteiger partial charge < -0.3 is 5.11 Å². The third-order valence-electron chi connectivity index (χ3n) is 2.85. The fourth-order valence-corrected chi connectivity index (χ4v) is 3.40. The lowest BCUT2D eigenvalue weighted by atomic mass is 10.1. The first-order valence-corrected chi connectivity index (χ1v) is 8.24. The number of carboxylic acid groups (broad SMARTS) is 1. The van der Waals surface area contributed by atoms with Gasteiger partial charge in [-0.15, -0.1) is 0 Å². The van der Waals surface area contributed by atoms with E-state index >= 15 is 0 Å². The number of nitro benzene ring substituents is 1. The average molecular weight is 351 g/mol. The van der Waals surface area contributed by atoms with Crippen molar-refractivity contribution < 1.29 is 23.2 Å². The zero-order valence-electron chi connectivity index (χ0n) is 11.7. The van der Waals surface area contributed by atoms with Gasteiger partial charge in [-0.2, -0.15) is 4.72 Å². The summed E-state index contributed by atoms with van der Waals surface area (Å²) >= 11 is 5.68. The molecule has 1 aromatic rings. The molecule has 122 valence electrons. The highest BCUT2D eigenvalue weighted by molar-refractivity contribution is 7.89. The molecule has 0 bridgehead atoms. The quantitative estimate of drug-likeness (QED) is 0.546. The van der Waals surface area contributed by atoms with E-state index in [-0.39, 0.29) is 11.4 Å². The summed E-state index contributed by atoms with van der Waals surface area (Å²) in [6, 6.07) is 1.70. The molecule has 0 aromatic heterocycles. The summed E-state index contributed by atoms with van der Waals surface area (Å²) in [5.74, 6) is -1.35. The lowest BCUT2D eigenvalue weighted by molar-refractivity contribution is -0.387. The SMILES string of the molecule is CCCC[C@H](NS(=O)(=O)c1cc(Cl)ccc1[N+](=O)[O-])C(=O)O. The number of benzene rings is 1. The minimum Gasteiger partial charge on any atom is -0.480 e. The number of aliphatic carboxylic acids is 1. The molecule has 0 unspecified atom stereocenters. The molecule has 8 nitrogen and oxygen atoms in total. The molecule has 0 saturated carbocycles. The van der Waals surface area contributed by atoms with E-state index in [0.717, 1.165) is 12.1 Å². The predicted molar refractivity (Wildman–Crippen MR) is 79.4 cm³/mol. The van der Waals surface area contributed by atoms with E-state index in [9.17, 15) is 23.3 Å². The third kappa shape index (κ3) is 4.65. The summed E-state index contributed by atoms with van der Waals surface area (Å²) in [5.41, 5.74) is -0.670. The molecule has 22 heavy (non-hydrogen) atoms. The topological polar surface area (TPSA) is 127 Å². The number of nitrogens with one attached hydrogen (secondary N) is 1. The van der Waals surface area contributed by atoms with Crippen molar-refractivity contribution in [1.29, 1.82) is 0 Å².